The van der Waals surface area contributed by atoms with Crippen LogP contribution >= 0.6 is 0 Å². The van der Waals surface area contributed by atoms with E-state index in [1.54, 1.807) is 51.1 Å². The molecule has 0 radical (unpaired) electrons. The Bertz CT molecular complexity index is 2630. The van der Waals surface area contributed by atoms with Crippen LogP contribution in [0.25, 0.3) is 0 Å². The Balaban J connectivity index is 3.52. The minimum Gasteiger partial charge on any atom is -0.481 e. The second kappa shape index (κ2) is 42.7. The Hall–Kier alpha value is -8.21. The van der Waals surface area contributed by atoms with Crippen molar-refractivity contribution in [3.63, 3.8) is 0 Å². The van der Waals surface area contributed by atoms with Gasteiger partial charge in [0, 0.05) is 69.4 Å². The summed E-state index contributed by atoms with van der Waals surface area (Å²) in [6.07, 6.45) is -2.36. The number of rotatable bonds is 49. The fourth-order valence-electron chi connectivity index (χ4n) is 9.93. The number of nitrogens with one attached hydrogen (secondary N) is 5. The van der Waals surface area contributed by atoms with E-state index in [0.717, 1.165) is 0 Å². The first kappa shape index (κ1) is 79.8. The maximum Gasteiger partial charge on any atom is 0.304 e. The van der Waals surface area contributed by atoms with E-state index in [2.05, 4.69) is 36.6 Å². The number of ketones is 5. The van der Waals surface area contributed by atoms with Crippen molar-refractivity contribution < 1.29 is 77.6 Å². The molecule has 0 aliphatic rings. The summed E-state index contributed by atoms with van der Waals surface area (Å²) in [5.74, 6) is -18.7. The Morgan fingerprint density at radius 1 is 0.489 bits per heavy atom. The Labute approximate surface area is 526 Å². The van der Waals surface area contributed by atoms with E-state index >= 15 is 0 Å². The number of carboxylic acids is 2. The van der Waals surface area contributed by atoms with Crippen LogP contribution in [-0.4, -0.2) is 160 Å². The lowest BCUT2D eigenvalue weighted by atomic mass is 9.86. The number of aliphatic hydroxyl groups is 1. The molecule has 0 heterocycles. The van der Waals surface area contributed by atoms with Crippen molar-refractivity contribution in [2.45, 2.75) is 187 Å². The van der Waals surface area contributed by atoms with Gasteiger partial charge in [0.2, 0.25) is 35.4 Å². The van der Waals surface area contributed by atoms with Gasteiger partial charge in [0.25, 0.3) is 0 Å². The lowest BCUT2D eigenvalue weighted by molar-refractivity contribution is -0.143. The van der Waals surface area contributed by atoms with Crippen LogP contribution in [0.15, 0.2) is 40.3 Å². The van der Waals surface area contributed by atoms with Gasteiger partial charge in [-0.1, -0.05) is 70.9 Å². The number of nitrogens with zero attached hydrogens (tertiary/aromatic N) is 2. The molecule has 0 spiro atoms. The number of unbranched alkanes of at least 4 members (excludes halogenated alkanes) is 1. The molecule has 29 nitrogen and oxygen atoms in total. The number of carboxylic acid groups (broad SMARTS) is 2. The van der Waals surface area contributed by atoms with Crippen molar-refractivity contribution in [3.8, 4) is 0 Å². The first-order valence-electron chi connectivity index (χ1n) is 30.7. The summed E-state index contributed by atoms with van der Waals surface area (Å²) in [6, 6.07) is 2.41. The fourth-order valence-corrected chi connectivity index (χ4v) is 9.93. The van der Waals surface area contributed by atoms with Gasteiger partial charge in [0.1, 0.15) is 11.8 Å². The van der Waals surface area contributed by atoms with Gasteiger partial charge in [-0.3, -0.25) is 67.5 Å². The summed E-state index contributed by atoms with van der Waals surface area (Å²) in [5.41, 5.74) is 34.1. The largest absolute Gasteiger partial charge is 0.481 e. The second-order valence-corrected chi connectivity index (χ2v) is 23.2. The molecule has 504 valence electrons. The molecule has 90 heavy (non-hydrogen) atoms. The Kier molecular flexibility index (Phi) is 37.8. The average Bonchev–Trinajstić information content (AvgIpc) is 2.86. The van der Waals surface area contributed by atoms with E-state index in [-0.39, 0.29) is 94.6 Å². The van der Waals surface area contributed by atoms with Crippen molar-refractivity contribution >= 4 is 88.2 Å². The zero-order chi connectivity index (χ0) is 68.2. The molecule has 12 atom stereocenters. The van der Waals surface area contributed by atoms with Crippen molar-refractivity contribution in [2.75, 3.05) is 26.2 Å². The van der Waals surface area contributed by atoms with Crippen molar-refractivity contribution in [2.24, 2.45) is 85.8 Å². The third-order valence-electron chi connectivity index (χ3n) is 15.7. The number of Topliss-reactive ketones (excluding diaryl/α,β-unsaturated/α-hetero) is 5. The summed E-state index contributed by atoms with van der Waals surface area (Å²) in [7, 11) is 0. The molecule has 1 rings (SSSR count). The number of hydrogen-bond acceptors (Lipinski definition) is 17. The minimum absolute atomic E-state index is 0.0185. The summed E-state index contributed by atoms with van der Waals surface area (Å²) in [5, 5.41) is 42.8. The predicted octanol–water partition coefficient (Wildman–Crippen LogP) is -0.285. The van der Waals surface area contributed by atoms with Gasteiger partial charge in [-0.2, -0.15) is 0 Å². The van der Waals surface area contributed by atoms with Gasteiger partial charge in [-0.25, -0.2) is 0 Å². The zero-order valence-corrected chi connectivity index (χ0v) is 52.9. The van der Waals surface area contributed by atoms with Gasteiger partial charge >= 0.3 is 11.9 Å². The molecule has 0 saturated carbocycles. The summed E-state index contributed by atoms with van der Waals surface area (Å²) >= 11 is 0. The van der Waals surface area contributed by atoms with Crippen LogP contribution in [0.5, 0.6) is 0 Å². The highest BCUT2D eigenvalue weighted by Gasteiger charge is 2.38. The number of primary amides is 1. The highest BCUT2D eigenvalue weighted by Crippen LogP contribution is 2.23. The third kappa shape index (κ3) is 31.3. The maximum atomic E-state index is 14.4. The molecule has 1 aromatic carbocycles. The molecule has 20 N–H and O–H groups in total. The van der Waals surface area contributed by atoms with Crippen molar-refractivity contribution in [1.29, 1.82) is 0 Å². The van der Waals surface area contributed by atoms with E-state index in [9.17, 15) is 77.6 Å². The Morgan fingerprint density at radius 2 is 0.944 bits per heavy atom. The molecule has 0 aliphatic carbocycles. The predicted molar refractivity (Wildman–Crippen MR) is 334 cm³/mol. The number of carbonyl (C=O) groups excluding carboxylic acids is 11. The standard InChI is InChI=1S/C61H99N13O16/c1-7-34(3)52(49(80)30-41(27-38-16-10-9-11-17-38)57(88)74-53(54(63)85)35(4)8-2)73-58(89)42(32-51(83)84)29-46(77)37(6)70-59(90)43(33-75)31-48(79)45(20-15-25-69-61(66)67)72-55(86)39(18-14-24-68-60(64)65)28-47(78)44(19-12-13-23-62)71-56(87)40(26-36(5)76)21-22-50(81)82/h9-11,16-17,34-35,37,39-45,52-53,75H,7-8,12-15,18-33,62H2,1-6H3,(H2,63,85)(H,70,90)(H,71,87)(H,72,86)(H,73,89)(H,74,88)(H,81,82)(H,83,84)(H4,64,65,68)(H4,66,67,69)/t34-,35-,37-,39+,40+,41+,42-,43?,44-,45-,52?,53-/m0/s1. The number of benzene rings is 1. The molecule has 0 aliphatic heterocycles. The van der Waals surface area contributed by atoms with Crippen LogP contribution in [0.3, 0.4) is 0 Å². The summed E-state index contributed by atoms with van der Waals surface area (Å²) < 4.78 is 0. The van der Waals surface area contributed by atoms with Crippen LogP contribution in [0.1, 0.15) is 156 Å². The second-order valence-electron chi connectivity index (χ2n) is 23.2. The molecule has 0 aromatic heterocycles. The van der Waals surface area contributed by atoms with Crippen LogP contribution in [0, 0.1) is 41.4 Å². The lowest BCUT2D eigenvalue weighted by Gasteiger charge is -2.28. The number of aliphatic carboxylic acids is 2. The Morgan fingerprint density at radius 3 is 1.43 bits per heavy atom. The SMILES string of the molecule is CC[C@H](C)C(NC(=O)[C@H](CC(=O)O)CC(=O)[C@H](C)NC(=O)C(CO)CC(=O)[C@H](CCCN=C(N)N)NC(=O)[C@H](CCCN=C(N)N)CC(=O)[C@H](CCCCN)NC(=O)[C@H](CCC(=O)O)CC(C)=O)C(=O)C[C@@H](Cc1ccccc1)C(=O)N[C@H](C(N)=O)[C@@H](C)CC. The van der Waals surface area contributed by atoms with Crippen LogP contribution in [0.2, 0.25) is 0 Å². The first-order valence-corrected chi connectivity index (χ1v) is 30.7. The minimum atomic E-state index is -1.59. The van der Waals surface area contributed by atoms with Crippen LogP contribution in [-0.2, 0) is 68.7 Å². The average molecular weight is 1270 g/mol. The van der Waals surface area contributed by atoms with Gasteiger partial charge in [0.05, 0.1) is 49.0 Å². The molecule has 1 aromatic rings. The topological polar surface area (TPSA) is 524 Å². The molecular formula is C61H99N13O16. The van der Waals surface area contributed by atoms with Crippen LogP contribution in [0.4, 0.5) is 0 Å². The molecule has 2 unspecified atom stereocenters. The van der Waals surface area contributed by atoms with Gasteiger partial charge < -0.3 is 81.1 Å². The van der Waals surface area contributed by atoms with E-state index in [4.69, 9.17) is 34.4 Å². The van der Waals surface area contributed by atoms with Crippen LogP contribution < -0.4 is 61.0 Å². The van der Waals surface area contributed by atoms with E-state index in [1.165, 1.54) is 13.8 Å². The fraction of sp³-hybridized carbons (Fsp3) is 0.656. The number of nitrogens with two attached hydrogens (primary N) is 6. The van der Waals surface area contributed by atoms with Crippen molar-refractivity contribution in [1.82, 2.24) is 26.6 Å². The third-order valence-corrected chi connectivity index (χ3v) is 15.7. The number of aliphatic hydroxyl groups excluding tert-OH is 1. The van der Waals surface area contributed by atoms with Gasteiger partial charge in [-0.05, 0) is 95.6 Å². The number of aliphatic imine (C=N–C) groups is 2. The molecule has 0 fully saturated rings. The van der Waals surface area contributed by atoms with E-state index < -0.39 is 181 Å². The number of hydrogen-bond donors (Lipinski definition) is 14. The quantitative estimate of drug-likeness (QED) is 0.0227. The summed E-state index contributed by atoms with van der Waals surface area (Å²) in [4.78, 5) is 182. The summed E-state index contributed by atoms with van der Waals surface area (Å²) in [6.45, 7) is 8.74. The highest BCUT2D eigenvalue weighted by atomic mass is 16.4. The molecule has 0 bridgehead atoms. The number of amides is 6. The monoisotopic (exact) mass is 1270 g/mol. The molecule has 6 amide bonds. The van der Waals surface area contributed by atoms with Gasteiger partial charge in [0.15, 0.2) is 35.1 Å². The maximum absolute atomic E-state index is 14.4. The normalized spacial score (nSPS) is 15.1. The molecule has 29 heteroatoms. The molecule has 0 saturated heterocycles. The number of carbonyl (C=O) groups is 13. The van der Waals surface area contributed by atoms with Gasteiger partial charge in [-0.15, -0.1) is 0 Å². The van der Waals surface area contributed by atoms with E-state index in [0.29, 0.717) is 31.2 Å². The highest BCUT2D eigenvalue weighted by molar-refractivity contribution is 5.99. The lowest BCUT2D eigenvalue weighted by Crippen LogP contribution is -2.52. The van der Waals surface area contributed by atoms with Crippen molar-refractivity contribution in [3.05, 3.63) is 35.9 Å². The van der Waals surface area contributed by atoms with E-state index in [1.807, 2.05) is 6.92 Å². The first-order chi connectivity index (χ1) is 42.4. The smallest absolute Gasteiger partial charge is 0.304 e. The molecular weight excluding hydrogens is 1170 g/mol. The number of guanidine groups is 2. The zero-order valence-electron chi connectivity index (χ0n) is 52.9.